The van der Waals surface area contributed by atoms with E-state index in [-0.39, 0.29) is 11.5 Å². The Kier molecular flexibility index (Phi) is 3.85. The number of carbonyl (C=O) groups excluding carboxylic acids is 1. The van der Waals surface area contributed by atoms with Crippen molar-refractivity contribution in [2.75, 3.05) is 5.73 Å². The van der Waals surface area contributed by atoms with Crippen LogP contribution in [0.15, 0.2) is 47.6 Å². The van der Waals surface area contributed by atoms with Crippen LogP contribution < -0.4 is 11.2 Å². The quantitative estimate of drug-likeness (QED) is 0.385. The first kappa shape index (κ1) is 13.4. The number of rotatable bonds is 3. The molecule has 0 heterocycles. The third-order valence-electron chi connectivity index (χ3n) is 2.59. The zero-order valence-electron chi connectivity index (χ0n) is 10.4. The van der Waals surface area contributed by atoms with Gasteiger partial charge in [0.25, 0.3) is 5.91 Å². The lowest BCUT2D eigenvalue weighted by Gasteiger charge is -2.03. The highest BCUT2D eigenvalue weighted by Crippen LogP contribution is 2.20. The van der Waals surface area contributed by atoms with Crippen molar-refractivity contribution in [3.8, 4) is 11.5 Å². The molecular weight excluding hydrogens is 258 g/mol. The Hall–Kier alpha value is -3.02. The van der Waals surface area contributed by atoms with Crippen LogP contribution in [0.2, 0.25) is 0 Å². The highest BCUT2D eigenvalue weighted by Gasteiger charge is 2.07. The number of nitrogen functional groups attached to an aromatic ring is 1. The molecule has 6 heteroatoms. The van der Waals surface area contributed by atoms with Crippen LogP contribution in [0.3, 0.4) is 0 Å². The molecule has 0 aromatic heterocycles. The zero-order chi connectivity index (χ0) is 14.5. The first-order valence-electron chi connectivity index (χ1n) is 5.78. The van der Waals surface area contributed by atoms with Gasteiger partial charge in [-0.3, -0.25) is 4.79 Å². The molecule has 0 fully saturated rings. The Labute approximate surface area is 115 Å². The SMILES string of the molecule is Nc1ccccc1C(=O)N/N=C\c1ccc(O)cc1O. The van der Waals surface area contributed by atoms with Gasteiger partial charge in [-0.25, -0.2) is 5.43 Å². The van der Waals surface area contributed by atoms with E-state index in [0.29, 0.717) is 16.8 Å². The van der Waals surface area contributed by atoms with E-state index in [1.807, 2.05) is 0 Å². The third kappa shape index (κ3) is 3.05. The predicted octanol–water partition coefficient (Wildman–Crippen LogP) is 1.44. The van der Waals surface area contributed by atoms with E-state index >= 15 is 0 Å². The van der Waals surface area contributed by atoms with E-state index in [2.05, 4.69) is 10.5 Å². The van der Waals surface area contributed by atoms with Crippen molar-refractivity contribution in [2.24, 2.45) is 5.10 Å². The van der Waals surface area contributed by atoms with Gasteiger partial charge in [-0.05, 0) is 24.3 Å². The second-order valence-corrected chi connectivity index (χ2v) is 4.03. The minimum atomic E-state index is -0.447. The molecule has 0 saturated carbocycles. The summed E-state index contributed by atoms with van der Waals surface area (Å²) in [7, 11) is 0. The lowest BCUT2D eigenvalue weighted by Crippen LogP contribution is -2.19. The monoisotopic (exact) mass is 271 g/mol. The van der Waals surface area contributed by atoms with Gasteiger partial charge in [-0.15, -0.1) is 0 Å². The summed E-state index contributed by atoms with van der Waals surface area (Å²) in [5.41, 5.74) is 9.01. The average molecular weight is 271 g/mol. The fraction of sp³-hybridized carbons (Fsp3) is 0. The summed E-state index contributed by atoms with van der Waals surface area (Å²) in [6.45, 7) is 0. The van der Waals surface area contributed by atoms with Gasteiger partial charge in [0.05, 0.1) is 11.8 Å². The third-order valence-corrected chi connectivity index (χ3v) is 2.59. The average Bonchev–Trinajstić information content (AvgIpc) is 2.41. The number of nitrogens with zero attached hydrogens (tertiary/aromatic N) is 1. The van der Waals surface area contributed by atoms with Crippen molar-refractivity contribution >= 4 is 17.8 Å². The molecular formula is C14H13N3O3. The van der Waals surface area contributed by atoms with Crippen LogP contribution in [0.5, 0.6) is 11.5 Å². The van der Waals surface area contributed by atoms with Gasteiger partial charge in [0.1, 0.15) is 11.5 Å². The molecule has 0 saturated heterocycles. The van der Waals surface area contributed by atoms with Gasteiger partial charge in [0.15, 0.2) is 0 Å². The molecule has 2 rings (SSSR count). The van der Waals surface area contributed by atoms with Gasteiger partial charge in [-0.1, -0.05) is 12.1 Å². The van der Waals surface area contributed by atoms with E-state index in [1.165, 1.54) is 24.4 Å². The Balaban J connectivity index is 2.07. The number of hydrogen-bond acceptors (Lipinski definition) is 5. The molecule has 0 unspecified atom stereocenters. The molecule has 102 valence electrons. The molecule has 0 radical (unpaired) electrons. The van der Waals surface area contributed by atoms with Gasteiger partial charge < -0.3 is 15.9 Å². The zero-order valence-corrected chi connectivity index (χ0v) is 10.4. The predicted molar refractivity (Wildman–Crippen MR) is 75.7 cm³/mol. The van der Waals surface area contributed by atoms with E-state index < -0.39 is 5.91 Å². The Morgan fingerprint density at radius 3 is 2.65 bits per heavy atom. The Bertz CT molecular complexity index is 668. The Morgan fingerprint density at radius 1 is 1.20 bits per heavy atom. The number of phenolic OH excluding ortho intramolecular Hbond substituents is 2. The standard InChI is InChI=1S/C14H13N3O3/c15-12-4-2-1-3-11(12)14(20)17-16-8-9-5-6-10(18)7-13(9)19/h1-8,18-19H,15H2,(H,17,20)/b16-8-. The number of benzene rings is 2. The first-order valence-corrected chi connectivity index (χ1v) is 5.78. The van der Waals surface area contributed by atoms with Crippen LogP contribution in [0.1, 0.15) is 15.9 Å². The second-order valence-electron chi connectivity index (χ2n) is 4.03. The number of hydrazone groups is 1. The molecule has 2 aromatic carbocycles. The maximum absolute atomic E-state index is 11.8. The molecule has 6 nitrogen and oxygen atoms in total. The largest absolute Gasteiger partial charge is 0.508 e. The maximum atomic E-state index is 11.8. The normalized spacial score (nSPS) is 10.6. The van der Waals surface area contributed by atoms with Crippen molar-refractivity contribution < 1.29 is 15.0 Å². The van der Waals surface area contributed by atoms with Crippen molar-refractivity contribution in [3.05, 3.63) is 53.6 Å². The molecule has 0 spiro atoms. The molecule has 0 bridgehead atoms. The van der Waals surface area contributed by atoms with Crippen LogP contribution in [-0.2, 0) is 0 Å². The summed E-state index contributed by atoms with van der Waals surface area (Å²) in [6, 6.07) is 10.7. The lowest BCUT2D eigenvalue weighted by atomic mass is 10.2. The molecule has 20 heavy (non-hydrogen) atoms. The molecule has 0 aliphatic heterocycles. The van der Waals surface area contributed by atoms with E-state index in [9.17, 15) is 9.90 Å². The summed E-state index contributed by atoms with van der Waals surface area (Å²) in [4.78, 5) is 11.8. The highest BCUT2D eigenvalue weighted by molar-refractivity contribution is 5.99. The number of anilines is 1. The van der Waals surface area contributed by atoms with Gasteiger partial charge in [0, 0.05) is 17.3 Å². The summed E-state index contributed by atoms with van der Waals surface area (Å²) in [6.07, 6.45) is 1.27. The van der Waals surface area contributed by atoms with Crippen LogP contribution in [0, 0.1) is 0 Å². The molecule has 1 amide bonds. The van der Waals surface area contributed by atoms with Crippen LogP contribution >= 0.6 is 0 Å². The van der Waals surface area contributed by atoms with E-state index in [0.717, 1.165) is 0 Å². The van der Waals surface area contributed by atoms with Crippen molar-refractivity contribution in [1.82, 2.24) is 5.43 Å². The van der Waals surface area contributed by atoms with Crippen LogP contribution in [0.25, 0.3) is 0 Å². The maximum Gasteiger partial charge on any atom is 0.273 e. The molecule has 5 N–H and O–H groups in total. The minimum absolute atomic E-state index is 0.0549. The molecule has 2 aromatic rings. The Morgan fingerprint density at radius 2 is 1.95 bits per heavy atom. The summed E-state index contributed by atoms with van der Waals surface area (Å²) in [5.74, 6) is -0.638. The molecule has 0 atom stereocenters. The van der Waals surface area contributed by atoms with E-state index in [1.54, 1.807) is 24.3 Å². The number of nitrogens with two attached hydrogens (primary N) is 1. The lowest BCUT2D eigenvalue weighted by molar-refractivity contribution is 0.0956. The smallest absolute Gasteiger partial charge is 0.273 e. The van der Waals surface area contributed by atoms with Crippen molar-refractivity contribution in [3.63, 3.8) is 0 Å². The number of hydrogen-bond donors (Lipinski definition) is 4. The summed E-state index contributed by atoms with van der Waals surface area (Å²) in [5, 5.41) is 22.4. The summed E-state index contributed by atoms with van der Waals surface area (Å²) >= 11 is 0. The number of nitrogens with one attached hydrogen (secondary N) is 1. The van der Waals surface area contributed by atoms with Crippen molar-refractivity contribution in [2.45, 2.75) is 0 Å². The molecule has 0 aliphatic carbocycles. The highest BCUT2D eigenvalue weighted by atomic mass is 16.3. The summed E-state index contributed by atoms with van der Waals surface area (Å²) < 4.78 is 0. The van der Waals surface area contributed by atoms with E-state index in [4.69, 9.17) is 10.8 Å². The fourth-order valence-electron chi connectivity index (χ4n) is 1.57. The minimum Gasteiger partial charge on any atom is -0.508 e. The van der Waals surface area contributed by atoms with Crippen molar-refractivity contribution in [1.29, 1.82) is 0 Å². The number of amides is 1. The first-order chi connectivity index (χ1) is 9.58. The number of para-hydroxylation sites is 1. The second kappa shape index (κ2) is 5.75. The topological polar surface area (TPSA) is 108 Å². The van der Waals surface area contributed by atoms with Crippen LogP contribution in [0.4, 0.5) is 5.69 Å². The van der Waals surface area contributed by atoms with Crippen LogP contribution in [-0.4, -0.2) is 22.3 Å². The van der Waals surface area contributed by atoms with Gasteiger partial charge >= 0.3 is 0 Å². The number of phenols is 2. The van der Waals surface area contributed by atoms with Gasteiger partial charge in [-0.2, -0.15) is 5.10 Å². The van der Waals surface area contributed by atoms with Gasteiger partial charge in [0.2, 0.25) is 0 Å². The molecule has 0 aliphatic rings. The fourth-order valence-corrected chi connectivity index (χ4v) is 1.57. The number of carbonyl (C=O) groups is 1. The number of aromatic hydroxyl groups is 2.